The van der Waals surface area contributed by atoms with Crippen molar-refractivity contribution < 1.29 is 4.92 Å². The Balaban J connectivity index is 2.08. The number of nitro groups is 1. The van der Waals surface area contributed by atoms with Crippen molar-refractivity contribution >= 4 is 28.0 Å². The third-order valence-electron chi connectivity index (χ3n) is 2.86. The number of nitrogens with one attached hydrogen (secondary N) is 2. The summed E-state index contributed by atoms with van der Waals surface area (Å²) in [7, 11) is 0. The van der Waals surface area contributed by atoms with E-state index in [1.54, 1.807) is 24.7 Å². The number of H-pyrrole nitrogens is 1. The van der Waals surface area contributed by atoms with Crippen LogP contribution in [0, 0.1) is 10.1 Å². The number of nitrogens with zero attached hydrogens (tertiary/aromatic N) is 2. The van der Waals surface area contributed by atoms with Gasteiger partial charge in [-0.3, -0.25) is 15.1 Å². The Morgan fingerprint density at radius 2 is 1.95 bits per heavy atom. The van der Waals surface area contributed by atoms with E-state index in [-0.39, 0.29) is 5.69 Å². The molecule has 19 heavy (non-hydrogen) atoms. The van der Waals surface area contributed by atoms with Crippen LogP contribution in [-0.4, -0.2) is 14.9 Å². The molecule has 0 saturated carbocycles. The molecule has 0 unspecified atom stereocenters. The summed E-state index contributed by atoms with van der Waals surface area (Å²) in [6.45, 7) is 0. The van der Waals surface area contributed by atoms with Crippen molar-refractivity contribution in [2.75, 3.05) is 5.32 Å². The lowest BCUT2D eigenvalue weighted by molar-refractivity contribution is -0.383. The molecule has 0 fully saturated rings. The number of nitro benzene ring substituents is 1. The summed E-state index contributed by atoms with van der Waals surface area (Å²) < 4.78 is 0. The summed E-state index contributed by atoms with van der Waals surface area (Å²) in [5.41, 5.74) is 2.28. The van der Waals surface area contributed by atoms with Crippen LogP contribution < -0.4 is 5.32 Å². The standard InChI is InChI=1S/C13H10N4O2/c18-17(19)12-2-1-11(10-5-8-15-13(10)12)16-9-3-6-14-7-4-9/h1-8,15H,(H,14,16). The second-order valence-corrected chi connectivity index (χ2v) is 4.02. The summed E-state index contributed by atoms with van der Waals surface area (Å²) in [5, 5.41) is 14.9. The minimum absolute atomic E-state index is 0.0697. The van der Waals surface area contributed by atoms with E-state index in [0.29, 0.717) is 5.52 Å². The smallest absolute Gasteiger partial charge is 0.293 e. The maximum absolute atomic E-state index is 10.9. The van der Waals surface area contributed by atoms with Crippen molar-refractivity contribution in [1.29, 1.82) is 0 Å². The van der Waals surface area contributed by atoms with Gasteiger partial charge in [0.2, 0.25) is 0 Å². The number of rotatable bonds is 3. The lowest BCUT2D eigenvalue weighted by atomic mass is 10.2. The fourth-order valence-corrected chi connectivity index (χ4v) is 1.99. The Morgan fingerprint density at radius 1 is 1.16 bits per heavy atom. The lowest BCUT2D eigenvalue weighted by Gasteiger charge is -2.07. The first-order valence-electron chi connectivity index (χ1n) is 5.67. The highest BCUT2D eigenvalue weighted by atomic mass is 16.6. The lowest BCUT2D eigenvalue weighted by Crippen LogP contribution is -1.94. The number of aromatic nitrogens is 2. The van der Waals surface area contributed by atoms with E-state index in [2.05, 4.69) is 15.3 Å². The number of non-ortho nitro benzene ring substituents is 1. The predicted octanol–water partition coefficient (Wildman–Crippen LogP) is 3.21. The van der Waals surface area contributed by atoms with Crippen LogP contribution >= 0.6 is 0 Å². The van der Waals surface area contributed by atoms with Gasteiger partial charge in [-0.05, 0) is 24.3 Å². The van der Waals surface area contributed by atoms with E-state index in [0.717, 1.165) is 16.8 Å². The molecule has 6 heteroatoms. The molecule has 0 amide bonds. The van der Waals surface area contributed by atoms with Gasteiger partial charge in [-0.2, -0.15) is 0 Å². The normalized spacial score (nSPS) is 10.5. The van der Waals surface area contributed by atoms with Crippen molar-refractivity contribution in [2.45, 2.75) is 0 Å². The number of benzene rings is 1. The van der Waals surface area contributed by atoms with Gasteiger partial charge in [0.15, 0.2) is 0 Å². The van der Waals surface area contributed by atoms with Crippen LogP contribution in [0.25, 0.3) is 10.9 Å². The van der Waals surface area contributed by atoms with E-state index in [9.17, 15) is 10.1 Å². The first-order chi connectivity index (χ1) is 9.25. The van der Waals surface area contributed by atoms with Crippen LogP contribution in [-0.2, 0) is 0 Å². The van der Waals surface area contributed by atoms with Gasteiger partial charge in [-0.15, -0.1) is 0 Å². The van der Waals surface area contributed by atoms with Crippen LogP contribution in [0.2, 0.25) is 0 Å². The molecular weight excluding hydrogens is 244 g/mol. The van der Waals surface area contributed by atoms with E-state index >= 15 is 0 Å². The number of pyridine rings is 1. The molecule has 6 nitrogen and oxygen atoms in total. The van der Waals surface area contributed by atoms with Crippen LogP contribution in [0.5, 0.6) is 0 Å². The number of hydrogen-bond donors (Lipinski definition) is 2. The van der Waals surface area contributed by atoms with E-state index in [1.807, 2.05) is 18.2 Å². The molecule has 0 saturated heterocycles. The molecule has 94 valence electrons. The molecule has 0 aliphatic heterocycles. The highest BCUT2D eigenvalue weighted by Crippen LogP contribution is 2.31. The molecule has 0 bridgehead atoms. The summed E-state index contributed by atoms with van der Waals surface area (Å²) in [6, 6.07) is 8.67. The Kier molecular flexibility index (Phi) is 2.60. The molecule has 1 aromatic carbocycles. The Labute approximate surface area is 108 Å². The van der Waals surface area contributed by atoms with E-state index < -0.39 is 4.92 Å². The van der Waals surface area contributed by atoms with Crippen molar-refractivity contribution in [2.24, 2.45) is 0 Å². The van der Waals surface area contributed by atoms with Gasteiger partial charge in [0.05, 0.1) is 4.92 Å². The fourth-order valence-electron chi connectivity index (χ4n) is 1.99. The van der Waals surface area contributed by atoms with Crippen molar-refractivity contribution in [1.82, 2.24) is 9.97 Å². The fraction of sp³-hybridized carbons (Fsp3) is 0. The zero-order valence-electron chi connectivity index (χ0n) is 9.83. The molecule has 0 aliphatic rings. The number of fused-ring (bicyclic) bond motifs is 1. The zero-order valence-corrected chi connectivity index (χ0v) is 9.83. The van der Waals surface area contributed by atoms with Crippen molar-refractivity contribution in [3.05, 3.63) is 59.0 Å². The van der Waals surface area contributed by atoms with Crippen molar-refractivity contribution in [3.8, 4) is 0 Å². The maximum atomic E-state index is 10.9. The van der Waals surface area contributed by atoms with Gasteiger partial charge in [-0.25, -0.2) is 0 Å². The number of anilines is 2. The molecule has 2 aromatic heterocycles. The van der Waals surface area contributed by atoms with Gasteiger partial charge < -0.3 is 10.3 Å². The number of hydrogen-bond acceptors (Lipinski definition) is 4. The monoisotopic (exact) mass is 254 g/mol. The van der Waals surface area contributed by atoms with Gasteiger partial charge in [0.1, 0.15) is 5.52 Å². The Hall–Kier alpha value is -2.89. The van der Waals surface area contributed by atoms with Crippen LogP contribution in [0.1, 0.15) is 0 Å². The summed E-state index contributed by atoms with van der Waals surface area (Å²) in [6.07, 6.45) is 5.06. The summed E-state index contributed by atoms with van der Waals surface area (Å²) in [5.74, 6) is 0. The second kappa shape index (κ2) is 4.41. The molecule has 3 rings (SSSR count). The minimum Gasteiger partial charge on any atom is -0.356 e. The van der Waals surface area contributed by atoms with Crippen molar-refractivity contribution in [3.63, 3.8) is 0 Å². The molecule has 0 spiro atoms. The molecular formula is C13H10N4O2. The molecule has 0 radical (unpaired) electrons. The highest BCUT2D eigenvalue weighted by molar-refractivity contribution is 5.98. The first kappa shape index (κ1) is 11.2. The van der Waals surface area contributed by atoms with Crippen LogP contribution in [0.15, 0.2) is 48.9 Å². The molecule has 3 aromatic rings. The highest BCUT2D eigenvalue weighted by Gasteiger charge is 2.15. The molecule has 0 atom stereocenters. The first-order valence-corrected chi connectivity index (χ1v) is 5.67. The molecule has 0 aliphatic carbocycles. The molecule has 2 heterocycles. The zero-order chi connectivity index (χ0) is 13.2. The number of aromatic amines is 1. The topological polar surface area (TPSA) is 83.8 Å². The maximum Gasteiger partial charge on any atom is 0.293 e. The van der Waals surface area contributed by atoms with E-state index in [4.69, 9.17) is 0 Å². The summed E-state index contributed by atoms with van der Waals surface area (Å²) >= 11 is 0. The van der Waals surface area contributed by atoms with Gasteiger partial charge in [0, 0.05) is 41.4 Å². The Morgan fingerprint density at radius 3 is 2.68 bits per heavy atom. The Bertz CT molecular complexity index is 737. The van der Waals surface area contributed by atoms with E-state index in [1.165, 1.54) is 6.07 Å². The third-order valence-corrected chi connectivity index (χ3v) is 2.86. The largest absolute Gasteiger partial charge is 0.356 e. The van der Waals surface area contributed by atoms with Gasteiger partial charge in [0.25, 0.3) is 5.69 Å². The van der Waals surface area contributed by atoms with Gasteiger partial charge in [-0.1, -0.05) is 0 Å². The van der Waals surface area contributed by atoms with Crippen LogP contribution in [0.3, 0.4) is 0 Å². The quantitative estimate of drug-likeness (QED) is 0.555. The average molecular weight is 254 g/mol. The van der Waals surface area contributed by atoms with Gasteiger partial charge >= 0.3 is 0 Å². The second-order valence-electron chi connectivity index (χ2n) is 4.02. The average Bonchev–Trinajstić information content (AvgIpc) is 2.89. The van der Waals surface area contributed by atoms with Crippen LogP contribution in [0.4, 0.5) is 17.1 Å². The minimum atomic E-state index is -0.394. The SMILES string of the molecule is O=[N+]([O-])c1ccc(Nc2ccncc2)c2cc[nH]c12. The molecule has 2 N–H and O–H groups in total. The predicted molar refractivity (Wildman–Crippen MR) is 72.5 cm³/mol. The summed E-state index contributed by atoms with van der Waals surface area (Å²) in [4.78, 5) is 17.4. The third kappa shape index (κ3) is 1.99.